The highest BCUT2D eigenvalue weighted by Gasteiger charge is 2.35. The molecule has 126 valence electrons. The van der Waals surface area contributed by atoms with Crippen LogP contribution in [0, 0.1) is 5.92 Å². The summed E-state index contributed by atoms with van der Waals surface area (Å²) in [7, 11) is 0. The molecule has 24 heavy (non-hydrogen) atoms. The number of halogens is 1. The first-order valence-corrected chi connectivity index (χ1v) is 8.95. The molecule has 1 N–H and O–H groups in total. The fourth-order valence-corrected chi connectivity index (χ4v) is 3.63. The van der Waals surface area contributed by atoms with E-state index >= 15 is 0 Å². The van der Waals surface area contributed by atoms with Crippen LogP contribution in [0.25, 0.3) is 0 Å². The summed E-state index contributed by atoms with van der Waals surface area (Å²) in [5, 5.41) is 12.7. The highest BCUT2D eigenvalue weighted by Crippen LogP contribution is 2.28. The second kappa shape index (κ2) is 7.27. The van der Waals surface area contributed by atoms with E-state index in [-0.39, 0.29) is 18.2 Å². The molecule has 8 heteroatoms. The van der Waals surface area contributed by atoms with Crippen molar-refractivity contribution in [1.82, 2.24) is 10.2 Å². The van der Waals surface area contributed by atoms with E-state index in [1.807, 2.05) is 6.07 Å². The molecule has 1 aromatic heterocycles. The number of nitrogens with zero attached hydrogens (tertiary/aromatic N) is 3. The minimum atomic E-state index is -0.407. The van der Waals surface area contributed by atoms with E-state index < -0.39 is 5.92 Å². The Morgan fingerprint density at radius 1 is 1.46 bits per heavy atom. The molecule has 6 nitrogen and oxygen atoms in total. The average Bonchev–Trinajstić information content (AvgIpc) is 3.14. The zero-order valence-electron chi connectivity index (χ0n) is 13.2. The zero-order chi connectivity index (χ0) is 17.1. The van der Waals surface area contributed by atoms with Crippen LogP contribution in [-0.2, 0) is 16.0 Å². The van der Waals surface area contributed by atoms with Gasteiger partial charge in [0.05, 0.1) is 5.92 Å². The van der Waals surface area contributed by atoms with Crippen molar-refractivity contribution in [3.8, 4) is 0 Å². The number of amides is 2. The molecule has 0 spiro atoms. The Kier molecular flexibility index (Phi) is 5.11. The van der Waals surface area contributed by atoms with Gasteiger partial charge in [0.1, 0.15) is 5.01 Å². The Labute approximate surface area is 148 Å². The predicted octanol–water partition coefficient (Wildman–Crippen LogP) is 3.14. The maximum atomic E-state index is 12.4. The first-order valence-electron chi connectivity index (χ1n) is 7.76. The minimum absolute atomic E-state index is 0.0821. The lowest BCUT2D eigenvalue weighted by Crippen LogP contribution is -2.28. The third-order valence-electron chi connectivity index (χ3n) is 3.78. The molecule has 0 saturated carbocycles. The summed E-state index contributed by atoms with van der Waals surface area (Å²) in [4.78, 5) is 26.2. The summed E-state index contributed by atoms with van der Waals surface area (Å²) in [6.45, 7) is 2.40. The Morgan fingerprint density at radius 2 is 2.29 bits per heavy atom. The van der Waals surface area contributed by atoms with E-state index in [4.69, 9.17) is 11.6 Å². The molecule has 1 aliphatic heterocycles. The molecule has 1 aromatic carbocycles. The molecular weight excluding hydrogens is 348 g/mol. The molecule has 2 amide bonds. The molecule has 0 radical (unpaired) electrons. The van der Waals surface area contributed by atoms with Gasteiger partial charge in [0.25, 0.3) is 0 Å². The van der Waals surface area contributed by atoms with E-state index in [0.29, 0.717) is 22.4 Å². The molecule has 1 unspecified atom stereocenters. The molecule has 1 aliphatic rings. The van der Waals surface area contributed by atoms with Gasteiger partial charge < -0.3 is 10.2 Å². The number of aryl methyl sites for hydroxylation is 1. The van der Waals surface area contributed by atoms with E-state index in [0.717, 1.165) is 17.8 Å². The quantitative estimate of drug-likeness (QED) is 0.884. The van der Waals surface area contributed by atoms with Crippen molar-refractivity contribution in [3.63, 3.8) is 0 Å². The molecular formula is C16H17ClN4O2S. The lowest BCUT2D eigenvalue weighted by molar-refractivity contribution is -0.122. The van der Waals surface area contributed by atoms with Gasteiger partial charge in [0, 0.05) is 30.1 Å². The number of carbonyl (C=O) groups excluding carboxylic acids is 2. The van der Waals surface area contributed by atoms with Crippen molar-refractivity contribution in [2.45, 2.75) is 26.2 Å². The largest absolute Gasteiger partial charge is 0.312 e. The number of carbonyl (C=O) groups is 2. The van der Waals surface area contributed by atoms with Crippen LogP contribution >= 0.6 is 22.9 Å². The van der Waals surface area contributed by atoms with Crippen LogP contribution in [0.15, 0.2) is 24.3 Å². The molecule has 1 fully saturated rings. The van der Waals surface area contributed by atoms with E-state index in [2.05, 4.69) is 22.4 Å². The van der Waals surface area contributed by atoms with Gasteiger partial charge in [0.15, 0.2) is 0 Å². The van der Waals surface area contributed by atoms with Crippen LogP contribution in [0.1, 0.15) is 24.8 Å². The third-order valence-corrected chi connectivity index (χ3v) is 4.91. The number of rotatable bonds is 5. The van der Waals surface area contributed by atoms with Crippen molar-refractivity contribution in [2.24, 2.45) is 5.92 Å². The van der Waals surface area contributed by atoms with Gasteiger partial charge >= 0.3 is 0 Å². The molecule has 3 rings (SSSR count). The minimum Gasteiger partial charge on any atom is -0.312 e. The Balaban J connectivity index is 1.65. The zero-order valence-corrected chi connectivity index (χ0v) is 14.7. The van der Waals surface area contributed by atoms with Gasteiger partial charge in [-0.3, -0.25) is 9.59 Å². The topological polar surface area (TPSA) is 75.2 Å². The number of anilines is 2. The fourth-order valence-electron chi connectivity index (χ4n) is 2.60. The Morgan fingerprint density at radius 3 is 3.04 bits per heavy atom. The maximum Gasteiger partial charge on any atom is 0.231 e. The van der Waals surface area contributed by atoms with Crippen molar-refractivity contribution >= 4 is 45.6 Å². The van der Waals surface area contributed by atoms with Crippen LogP contribution in [0.3, 0.4) is 0 Å². The summed E-state index contributed by atoms with van der Waals surface area (Å²) in [6, 6.07) is 7.07. The second-order valence-electron chi connectivity index (χ2n) is 5.63. The molecule has 2 aromatic rings. The number of aromatic nitrogens is 2. The highest BCUT2D eigenvalue weighted by atomic mass is 35.5. The number of hydrogen-bond donors (Lipinski definition) is 1. The van der Waals surface area contributed by atoms with Gasteiger partial charge in [0.2, 0.25) is 16.9 Å². The standard InChI is InChI=1S/C16H17ClN4O2S/c1-2-4-13-19-20-16(24-13)18-15(23)10-7-14(22)21(9-10)12-6-3-5-11(17)8-12/h3,5-6,8,10H,2,4,7,9H2,1H3,(H,18,20,23). The number of nitrogens with one attached hydrogen (secondary N) is 1. The normalized spacial score (nSPS) is 17.3. The highest BCUT2D eigenvalue weighted by molar-refractivity contribution is 7.15. The van der Waals surface area contributed by atoms with E-state index in [1.165, 1.54) is 11.3 Å². The number of benzene rings is 1. The van der Waals surface area contributed by atoms with Crippen molar-refractivity contribution in [3.05, 3.63) is 34.3 Å². The lowest BCUT2D eigenvalue weighted by atomic mass is 10.1. The van der Waals surface area contributed by atoms with Crippen LogP contribution in [-0.4, -0.2) is 28.6 Å². The monoisotopic (exact) mass is 364 g/mol. The van der Waals surface area contributed by atoms with Gasteiger partial charge in [-0.15, -0.1) is 10.2 Å². The fraction of sp³-hybridized carbons (Fsp3) is 0.375. The third kappa shape index (κ3) is 3.73. The van der Waals surface area contributed by atoms with Crippen LogP contribution in [0.2, 0.25) is 5.02 Å². The average molecular weight is 365 g/mol. The van der Waals surface area contributed by atoms with Crippen LogP contribution in [0.4, 0.5) is 10.8 Å². The summed E-state index contributed by atoms with van der Waals surface area (Å²) in [5.41, 5.74) is 0.712. The van der Waals surface area contributed by atoms with Gasteiger partial charge in [-0.1, -0.05) is 35.9 Å². The smallest absolute Gasteiger partial charge is 0.231 e. The van der Waals surface area contributed by atoms with Gasteiger partial charge in [-0.2, -0.15) is 0 Å². The first-order chi connectivity index (χ1) is 11.6. The molecule has 0 aliphatic carbocycles. The van der Waals surface area contributed by atoms with Gasteiger partial charge in [-0.25, -0.2) is 0 Å². The van der Waals surface area contributed by atoms with E-state index in [1.54, 1.807) is 23.1 Å². The van der Waals surface area contributed by atoms with Crippen molar-refractivity contribution in [1.29, 1.82) is 0 Å². The Hall–Kier alpha value is -1.99. The van der Waals surface area contributed by atoms with Crippen molar-refractivity contribution < 1.29 is 9.59 Å². The number of hydrogen-bond acceptors (Lipinski definition) is 5. The molecule has 0 bridgehead atoms. The lowest BCUT2D eigenvalue weighted by Gasteiger charge is -2.16. The van der Waals surface area contributed by atoms with Gasteiger partial charge in [-0.05, 0) is 24.6 Å². The molecule has 1 atom stereocenters. The molecule has 2 heterocycles. The van der Waals surface area contributed by atoms with Crippen LogP contribution < -0.4 is 10.2 Å². The summed E-state index contributed by atoms with van der Waals surface area (Å²) in [5.74, 6) is -0.691. The summed E-state index contributed by atoms with van der Waals surface area (Å²) >= 11 is 7.35. The first kappa shape index (κ1) is 16.9. The second-order valence-corrected chi connectivity index (χ2v) is 7.12. The van der Waals surface area contributed by atoms with Crippen LogP contribution in [0.5, 0.6) is 0 Å². The SMILES string of the molecule is CCCc1nnc(NC(=O)C2CC(=O)N(c3cccc(Cl)c3)C2)s1. The molecule has 1 saturated heterocycles. The van der Waals surface area contributed by atoms with E-state index in [9.17, 15) is 9.59 Å². The summed E-state index contributed by atoms with van der Waals surface area (Å²) < 4.78 is 0. The Bertz CT molecular complexity index is 764. The predicted molar refractivity (Wildman–Crippen MR) is 94.4 cm³/mol. The van der Waals surface area contributed by atoms with Crippen molar-refractivity contribution in [2.75, 3.05) is 16.8 Å². The maximum absolute atomic E-state index is 12.4. The summed E-state index contributed by atoms with van der Waals surface area (Å²) in [6.07, 6.45) is 2.01.